The Morgan fingerprint density at radius 1 is 1.45 bits per heavy atom. The number of amides is 1. The molecule has 1 aliphatic rings. The molecule has 0 radical (unpaired) electrons. The average molecular weight is 299 g/mol. The molecule has 5 heteroatoms. The van der Waals surface area contributed by atoms with Crippen LogP contribution in [0.1, 0.15) is 30.1 Å². The van der Waals surface area contributed by atoms with E-state index in [1.807, 2.05) is 36.1 Å². The second-order valence-electron chi connectivity index (χ2n) is 4.92. The SMILES string of the molecule is CCOc1ccccc1C(=O)N1CCCC(CN)C1.Cl. The molecular formula is C15H23ClN2O2. The summed E-state index contributed by atoms with van der Waals surface area (Å²) in [4.78, 5) is 14.5. The molecule has 1 fully saturated rings. The Morgan fingerprint density at radius 3 is 2.90 bits per heavy atom. The summed E-state index contributed by atoms with van der Waals surface area (Å²) in [5, 5.41) is 0. The first-order valence-electron chi connectivity index (χ1n) is 6.97. The van der Waals surface area contributed by atoms with Gasteiger partial charge in [-0.2, -0.15) is 0 Å². The van der Waals surface area contributed by atoms with E-state index in [0.29, 0.717) is 30.4 Å². The summed E-state index contributed by atoms with van der Waals surface area (Å²) < 4.78 is 5.53. The lowest BCUT2D eigenvalue weighted by Crippen LogP contribution is -2.42. The number of hydrogen-bond acceptors (Lipinski definition) is 3. The number of ether oxygens (including phenoxy) is 1. The number of carbonyl (C=O) groups is 1. The van der Waals surface area contributed by atoms with E-state index < -0.39 is 0 Å². The molecule has 1 amide bonds. The predicted octanol–water partition coefficient (Wildman–Crippen LogP) is 2.32. The minimum Gasteiger partial charge on any atom is -0.493 e. The van der Waals surface area contributed by atoms with Crippen LogP contribution in [-0.2, 0) is 0 Å². The van der Waals surface area contributed by atoms with Crippen LogP contribution in [0.5, 0.6) is 5.75 Å². The molecule has 1 aliphatic heterocycles. The predicted molar refractivity (Wildman–Crippen MR) is 82.5 cm³/mol. The zero-order valence-electron chi connectivity index (χ0n) is 11.9. The summed E-state index contributed by atoms with van der Waals surface area (Å²) in [6, 6.07) is 7.45. The molecule has 0 spiro atoms. The third kappa shape index (κ3) is 3.87. The van der Waals surface area contributed by atoms with Gasteiger partial charge in [0.1, 0.15) is 5.75 Å². The second-order valence-corrected chi connectivity index (χ2v) is 4.92. The van der Waals surface area contributed by atoms with Crippen LogP contribution in [0, 0.1) is 5.92 Å². The van der Waals surface area contributed by atoms with E-state index >= 15 is 0 Å². The first-order chi connectivity index (χ1) is 9.26. The van der Waals surface area contributed by atoms with Gasteiger partial charge in [0.25, 0.3) is 5.91 Å². The highest BCUT2D eigenvalue weighted by Gasteiger charge is 2.25. The first kappa shape index (κ1) is 16.8. The van der Waals surface area contributed by atoms with Crippen molar-refractivity contribution in [3.8, 4) is 5.75 Å². The zero-order valence-corrected chi connectivity index (χ0v) is 12.7. The average Bonchev–Trinajstić information content (AvgIpc) is 2.47. The molecule has 0 aromatic heterocycles. The lowest BCUT2D eigenvalue weighted by molar-refractivity contribution is 0.0674. The summed E-state index contributed by atoms with van der Waals surface area (Å²) in [6.07, 6.45) is 2.15. The lowest BCUT2D eigenvalue weighted by Gasteiger charge is -2.32. The molecule has 1 saturated heterocycles. The van der Waals surface area contributed by atoms with Gasteiger partial charge in [0, 0.05) is 13.1 Å². The number of likely N-dealkylation sites (tertiary alicyclic amines) is 1. The number of halogens is 1. The monoisotopic (exact) mass is 298 g/mol. The van der Waals surface area contributed by atoms with E-state index in [4.69, 9.17) is 10.5 Å². The van der Waals surface area contributed by atoms with E-state index in [0.717, 1.165) is 25.9 Å². The van der Waals surface area contributed by atoms with Crippen LogP contribution in [0.2, 0.25) is 0 Å². The Bertz CT molecular complexity index is 440. The molecule has 0 saturated carbocycles. The van der Waals surface area contributed by atoms with Gasteiger partial charge in [-0.15, -0.1) is 12.4 Å². The molecule has 112 valence electrons. The van der Waals surface area contributed by atoms with E-state index in [1.54, 1.807) is 0 Å². The maximum atomic E-state index is 12.6. The third-order valence-corrected chi connectivity index (χ3v) is 3.56. The van der Waals surface area contributed by atoms with Gasteiger partial charge in [0.2, 0.25) is 0 Å². The van der Waals surface area contributed by atoms with Crippen molar-refractivity contribution < 1.29 is 9.53 Å². The van der Waals surface area contributed by atoms with E-state index in [2.05, 4.69) is 0 Å². The second kappa shape index (κ2) is 8.12. The number of para-hydroxylation sites is 1. The fraction of sp³-hybridized carbons (Fsp3) is 0.533. The van der Waals surface area contributed by atoms with Crippen molar-refractivity contribution in [3.05, 3.63) is 29.8 Å². The number of nitrogens with zero attached hydrogens (tertiary/aromatic N) is 1. The Balaban J connectivity index is 0.00000200. The van der Waals surface area contributed by atoms with Crippen molar-refractivity contribution >= 4 is 18.3 Å². The van der Waals surface area contributed by atoms with Crippen molar-refractivity contribution in [1.82, 2.24) is 4.90 Å². The maximum absolute atomic E-state index is 12.6. The number of rotatable bonds is 4. The van der Waals surface area contributed by atoms with Crippen LogP contribution in [0.15, 0.2) is 24.3 Å². The van der Waals surface area contributed by atoms with Crippen molar-refractivity contribution in [3.63, 3.8) is 0 Å². The molecule has 1 heterocycles. The number of nitrogens with two attached hydrogens (primary N) is 1. The van der Waals surface area contributed by atoms with Gasteiger partial charge in [-0.05, 0) is 44.4 Å². The Hall–Kier alpha value is -1.26. The number of carbonyl (C=O) groups excluding carboxylic acids is 1. The molecule has 1 aromatic carbocycles. The fourth-order valence-corrected chi connectivity index (χ4v) is 2.54. The maximum Gasteiger partial charge on any atom is 0.257 e. The van der Waals surface area contributed by atoms with Crippen molar-refractivity contribution in [1.29, 1.82) is 0 Å². The van der Waals surface area contributed by atoms with Gasteiger partial charge in [-0.1, -0.05) is 12.1 Å². The van der Waals surface area contributed by atoms with Gasteiger partial charge < -0.3 is 15.4 Å². The number of piperidine rings is 1. The topological polar surface area (TPSA) is 55.6 Å². The van der Waals surface area contributed by atoms with Crippen molar-refractivity contribution in [2.45, 2.75) is 19.8 Å². The van der Waals surface area contributed by atoms with E-state index in [1.165, 1.54) is 0 Å². The Labute approximate surface area is 126 Å². The first-order valence-corrected chi connectivity index (χ1v) is 6.97. The largest absolute Gasteiger partial charge is 0.493 e. The fourth-order valence-electron chi connectivity index (χ4n) is 2.54. The highest BCUT2D eigenvalue weighted by atomic mass is 35.5. The smallest absolute Gasteiger partial charge is 0.257 e. The summed E-state index contributed by atoms with van der Waals surface area (Å²) >= 11 is 0. The molecule has 1 aromatic rings. The van der Waals surface area contributed by atoms with Gasteiger partial charge in [0.05, 0.1) is 12.2 Å². The molecule has 0 aliphatic carbocycles. The minimum atomic E-state index is 0. The summed E-state index contributed by atoms with van der Waals surface area (Å²) in [7, 11) is 0. The Morgan fingerprint density at radius 2 is 2.20 bits per heavy atom. The van der Waals surface area contributed by atoms with Crippen LogP contribution in [-0.4, -0.2) is 37.0 Å². The van der Waals surface area contributed by atoms with Crippen LogP contribution in [0.4, 0.5) is 0 Å². The molecule has 2 rings (SSSR count). The van der Waals surface area contributed by atoms with Gasteiger partial charge in [0.15, 0.2) is 0 Å². The minimum absolute atomic E-state index is 0. The van der Waals surface area contributed by atoms with Gasteiger partial charge >= 0.3 is 0 Å². The van der Waals surface area contributed by atoms with Crippen LogP contribution >= 0.6 is 12.4 Å². The van der Waals surface area contributed by atoms with Gasteiger partial charge in [-0.3, -0.25) is 4.79 Å². The summed E-state index contributed by atoms with van der Waals surface area (Å²) in [5.74, 6) is 1.16. The molecule has 4 nitrogen and oxygen atoms in total. The molecule has 1 atom stereocenters. The molecule has 0 bridgehead atoms. The van der Waals surface area contributed by atoms with Crippen molar-refractivity contribution in [2.75, 3.05) is 26.2 Å². The lowest BCUT2D eigenvalue weighted by atomic mass is 9.97. The summed E-state index contributed by atoms with van der Waals surface area (Å²) in [5.41, 5.74) is 6.37. The van der Waals surface area contributed by atoms with Gasteiger partial charge in [-0.25, -0.2) is 0 Å². The third-order valence-electron chi connectivity index (χ3n) is 3.56. The molecule has 20 heavy (non-hydrogen) atoms. The quantitative estimate of drug-likeness (QED) is 0.928. The molecule has 2 N–H and O–H groups in total. The van der Waals surface area contributed by atoms with Crippen LogP contribution in [0.25, 0.3) is 0 Å². The van der Waals surface area contributed by atoms with Crippen LogP contribution in [0.3, 0.4) is 0 Å². The summed E-state index contributed by atoms with van der Waals surface area (Å²) in [6.45, 7) is 4.71. The molecular weight excluding hydrogens is 276 g/mol. The number of benzene rings is 1. The highest BCUT2D eigenvalue weighted by Crippen LogP contribution is 2.23. The van der Waals surface area contributed by atoms with E-state index in [9.17, 15) is 4.79 Å². The van der Waals surface area contributed by atoms with Crippen molar-refractivity contribution in [2.24, 2.45) is 11.7 Å². The standard InChI is InChI=1S/C15H22N2O2.ClH/c1-2-19-14-8-4-3-7-13(14)15(18)17-9-5-6-12(10-16)11-17;/h3-4,7-8,12H,2,5-6,9-11,16H2,1H3;1H. The molecule has 1 unspecified atom stereocenters. The normalized spacial score (nSPS) is 18.3. The number of hydrogen-bond donors (Lipinski definition) is 1. The van der Waals surface area contributed by atoms with E-state index in [-0.39, 0.29) is 18.3 Å². The Kier molecular flexibility index (Phi) is 6.82. The van der Waals surface area contributed by atoms with Crippen LogP contribution < -0.4 is 10.5 Å². The highest BCUT2D eigenvalue weighted by molar-refractivity contribution is 5.97. The zero-order chi connectivity index (χ0) is 13.7.